The Hall–Kier alpha value is -1.09. The molecule has 4 heteroatoms. The van der Waals surface area contributed by atoms with Crippen molar-refractivity contribution >= 4 is 23.2 Å². The monoisotopic (exact) mass is 298 g/mol. The molecule has 2 aromatic carbocycles. The SMILES string of the molecule is OCC(Cc1cccc(F)c1Cl)c1ccccc1Cl. The Morgan fingerprint density at radius 3 is 2.47 bits per heavy atom. The van der Waals surface area contributed by atoms with Crippen molar-refractivity contribution < 1.29 is 9.50 Å². The van der Waals surface area contributed by atoms with E-state index >= 15 is 0 Å². The van der Waals surface area contributed by atoms with Crippen molar-refractivity contribution in [3.8, 4) is 0 Å². The molecule has 0 saturated carbocycles. The molecule has 0 aliphatic heterocycles. The van der Waals surface area contributed by atoms with Gasteiger partial charge in [-0.1, -0.05) is 53.5 Å². The second-order valence-electron chi connectivity index (χ2n) is 4.32. The van der Waals surface area contributed by atoms with Crippen LogP contribution >= 0.6 is 23.2 Å². The van der Waals surface area contributed by atoms with Crippen LogP contribution in [0.25, 0.3) is 0 Å². The highest BCUT2D eigenvalue weighted by Crippen LogP contribution is 2.30. The number of aliphatic hydroxyl groups excluding tert-OH is 1. The Balaban J connectivity index is 2.30. The third-order valence-electron chi connectivity index (χ3n) is 3.06. The zero-order chi connectivity index (χ0) is 13.8. The summed E-state index contributed by atoms with van der Waals surface area (Å²) >= 11 is 12.0. The van der Waals surface area contributed by atoms with Gasteiger partial charge in [-0.25, -0.2) is 4.39 Å². The number of aliphatic hydroxyl groups is 1. The van der Waals surface area contributed by atoms with Gasteiger partial charge < -0.3 is 5.11 Å². The molecule has 0 bridgehead atoms. The molecule has 0 aliphatic carbocycles. The van der Waals surface area contributed by atoms with Crippen LogP contribution in [-0.2, 0) is 6.42 Å². The smallest absolute Gasteiger partial charge is 0.142 e. The average Bonchev–Trinajstić information content (AvgIpc) is 2.41. The van der Waals surface area contributed by atoms with E-state index in [0.29, 0.717) is 17.0 Å². The first-order chi connectivity index (χ1) is 9.13. The van der Waals surface area contributed by atoms with Gasteiger partial charge in [0, 0.05) is 10.9 Å². The van der Waals surface area contributed by atoms with Crippen molar-refractivity contribution in [1.29, 1.82) is 0 Å². The molecule has 0 saturated heterocycles. The molecule has 1 atom stereocenters. The van der Waals surface area contributed by atoms with Gasteiger partial charge in [0.2, 0.25) is 0 Å². The molecule has 0 spiro atoms. The fourth-order valence-electron chi connectivity index (χ4n) is 2.05. The highest BCUT2D eigenvalue weighted by atomic mass is 35.5. The first-order valence-corrected chi connectivity index (χ1v) is 6.67. The van der Waals surface area contributed by atoms with E-state index in [0.717, 1.165) is 5.56 Å². The maximum Gasteiger partial charge on any atom is 0.142 e. The second-order valence-corrected chi connectivity index (χ2v) is 5.10. The number of hydrogen-bond acceptors (Lipinski definition) is 1. The lowest BCUT2D eigenvalue weighted by Crippen LogP contribution is -2.09. The van der Waals surface area contributed by atoms with E-state index in [1.807, 2.05) is 18.2 Å². The lowest BCUT2D eigenvalue weighted by molar-refractivity contribution is 0.264. The summed E-state index contributed by atoms with van der Waals surface area (Å²) in [4.78, 5) is 0. The summed E-state index contributed by atoms with van der Waals surface area (Å²) in [6, 6.07) is 12.0. The normalized spacial score (nSPS) is 12.4. The minimum atomic E-state index is -0.449. The predicted octanol–water partition coefficient (Wildman–Crippen LogP) is 4.45. The van der Waals surface area contributed by atoms with Crippen molar-refractivity contribution in [3.05, 3.63) is 69.5 Å². The quantitative estimate of drug-likeness (QED) is 0.884. The van der Waals surface area contributed by atoms with Gasteiger partial charge in [0.15, 0.2) is 0 Å². The lowest BCUT2D eigenvalue weighted by Gasteiger charge is -2.17. The van der Waals surface area contributed by atoms with Gasteiger partial charge in [-0.3, -0.25) is 0 Å². The maximum absolute atomic E-state index is 13.4. The first kappa shape index (κ1) is 14.3. The van der Waals surface area contributed by atoms with Crippen molar-refractivity contribution in [2.75, 3.05) is 6.61 Å². The molecule has 0 amide bonds. The molecule has 100 valence electrons. The molecular formula is C15H13Cl2FO. The van der Waals surface area contributed by atoms with E-state index in [4.69, 9.17) is 23.2 Å². The van der Waals surface area contributed by atoms with Crippen LogP contribution in [0.15, 0.2) is 42.5 Å². The van der Waals surface area contributed by atoms with Crippen LogP contribution in [-0.4, -0.2) is 11.7 Å². The van der Waals surface area contributed by atoms with E-state index in [-0.39, 0.29) is 17.5 Å². The van der Waals surface area contributed by atoms with Crippen LogP contribution in [0.4, 0.5) is 4.39 Å². The largest absolute Gasteiger partial charge is 0.396 e. The molecule has 1 N–H and O–H groups in total. The highest BCUT2D eigenvalue weighted by molar-refractivity contribution is 6.31. The van der Waals surface area contributed by atoms with Gasteiger partial charge in [-0.05, 0) is 29.7 Å². The molecular weight excluding hydrogens is 286 g/mol. The minimum Gasteiger partial charge on any atom is -0.396 e. The molecule has 0 aliphatic rings. The summed E-state index contributed by atoms with van der Waals surface area (Å²) in [5.74, 6) is -0.650. The van der Waals surface area contributed by atoms with Gasteiger partial charge in [0.1, 0.15) is 5.82 Å². The molecule has 0 aromatic heterocycles. The zero-order valence-electron chi connectivity index (χ0n) is 10.1. The van der Waals surface area contributed by atoms with Gasteiger partial charge >= 0.3 is 0 Å². The van der Waals surface area contributed by atoms with Crippen molar-refractivity contribution in [1.82, 2.24) is 0 Å². The number of rotatable bonds is 4. The molecule has 2 aromatic rings. The molecule has 0 fully saturated rings. The van der Waals surface area contributed by atoms with Crippen LogP contribution < -0.4 is 0 Å². The summed E-state index contributed by atoms with van der Waals surface area (Å²) < 4.78 is 13.4. The summed E-state index contributed by atoms with van der Waals surface area (Å²) in [6.45, 7) is -0.0728. The van der Waals surface area contributed by atoms with E-state index in [1.54, 1.807) is 18.2 Å². The van der Waals surface area contributed by atoms with Crippen LogP contribution in [0, 0.1) is 5.82 Å². The van der Waals surface area contributed by atoms with E-state index in [2.05, 4.69) is 0 Å². The van der Waals surface area contributed by atoms with Gasteiger partial charge in [0.05, 0.1) is 11.6 Å². The van der Waals surface area contributed by atoms with Crippen molar-refractivity contribution in [2.24, 2.45) is 0 Å². The maximum atomic E-state index is 13.4. The summed E-state index contributed by atoms with van der Waals surface area (Å²) in [5.41, 5.74) is 1.51. The first-order valence-electron chi connectivity index (χ1n) is 5.91. The Morgan fingerprint density at radius 1 is 1.05 bits per heavy atom. The number of hydrogen-bond donors (Lipinski definition) is 1. The Morgan fingerprint density at radius 2 is 1.79 bits per heavy atom. The number of halogens is 3. The third kappa shape index (κ3) is 3.27. The third-order valence-corrected chi connectivity index (χ3v) is 3.83. The Kier molecular flexibility index (Phi) is 4.81. The molecule has 1 unspecified atom stereocenters. The fourth-order valence-corrected chi connectivity index (χ4v) is 2.54. The van der Waals surface area contributed by atoms with Crippen molar-refractivity contribution in [3.63, 3.8) is 0 Å². The highest BCUT2D eigenvalue weighted by Gasteiger charge is 2.16. The molecule has 19 heavy (non-hydrogen) atoms. The van der Waals surface area contributed by atoms with Crippen molar-refractivity contribution in [2.45, 2.75) is 12.3 Å². The van der Waals surface area contributed by atoms with Crippen LogP contribution in [0.3, 0.4) is 0 Å². The standard InChI is InChI=1S/C15H13Cl2FO/c16-13-6-2-1-5-12(13)11(9-19)8-10-4-3-7-14(18)15(10)17/h1-7,11,19H,8-9H2. The van der Waals surface area contributed by atoms with Crippen LogP contribution in [0.1, 0.15) is 17.0 Å². The average molecular weight is 299 g/mol. The topological polar surface area (TPSA) is 20.2 Å². The molecule has 2 rings (SSSR count). The fraction of sp³-hybridized carbons (Fsp3) is 0.200. The van der Waals surface area contributed by atoms with E-state index < -0.39 is 5.82 Å². The van der Waals surface area contributed by atoms with Gasteiger partial charge in [-0.15, -0.1) is 0 Å². The van der Waals surface area contributed by atoms with Gasteiger partial charge in [-0.2, -0.15) is 0 Å². The molecule has 1 nitrogen and oxygen atoms in total. The number of benzene rings is 2. The van der Waals surface area contributed by atoms with Crippen LogP contribution in [0.2, 0.25) is 10.0 Å². The summed E-state index contributed by atoms with van der Waals surface area (Å²) in [7, 11) is 0. The van der Waals surface area contributed by atoms with E-state index in [9.17, 15) is 9.50 Å². The Bertz CT molecular complexity index is 572. The zero-order valence-corrected chi connectivity index (χ0v) is 11.6. The molecule has 0 radical (unpaired) electrons. The Labute approximate surface area is 121 Å². The van der Waals surface area contributed by atoms with Crippen LogP contribution in [0.5, 0.6) is 0 Å². The predicted molar refractivity (Wildman–Crippen MR) is 76.4 cm³/mol. The summed E-state index contributed by atoms with van der Waals surface area (Å²) in [5, 5.41) is 10.2. The minimum absolute atomic E-state index is 0.0728. The van der Waals surface area contributed by atoms with E-state index in [1.165, 1.54) is 6.07 Å². The second kappa shape index (κ2) is 6.38. The molecule has 0 heterocycles. The lowest BCUT2D eigenvalue weighted by atomic mass is 9.92. The summed E-state index contributed by atoms with van der Waals surface area (Å²) in [6.07, 6.45) is 0.441. The van der Waals surface area contributed by atoms with Gasteiger partial charge in [0.25, 0.3) is 0 Å².